The van der Waals surface area contributed by atoms with Gasteiger partial charge in [-0.15, -0.1) is 0 Å². The fraction of sp³-hybridized carbons (Fsp3) is 0.105. The summed E-state index contributed by atoms with van der Waals surface area (Å²) >= 11 is 0. The Kier molecular flexibility index (Phi) is 4.67. The predicted molar refractivity (Wildman–Crippen MR) is 91.8 cm³/mol. The molecule has 0 saturated carbocycles. The fourth-order valence-electron chi connectivity index (χ4n) is 2.32. The number of aromatic nitrogens is 2. The van der Waals surface area contributed by atoms with Gasteiger partial charge in [0.25, 0.3) is 0 Å². The molecular formula is C19H19N3. The van der Waals surface area contributed by atoms with E-state index in [1.54, 1.807) is 6.20 Å². The van der Waals surface area contributed by atoms with Crippen LogP contribution in [0.4, 0.5) is 5.69 Å². The van der Waals surface area contributed by atoms with Gasteiger partial charge in [0.1, 0.15) is 5.82 Å². The summed E-state index contributed by atoms with van der Waals surface area (Å²) in [5.41, 5.74) is 3.59. The van der Waals surface area contributed by atoms with E-state index in [2.05, 4.69) is 63.8 Å². The predicted octanol–water partition coefficient (Wildman–Crippen LogP) is 4.13. The molecule has 0 saturated heterocycles. The van der Waals surface area contributed by atoms with E-state index in [0.29, 0.717) is 0 Å². The Morgan fingerprint density at radius 1 is 1.05 bits per heavy atom. The second kappa shape index (κ2) is 7.27. The molecule has 0 fully saturated rings. The molecule has 0 amide bonds. The summed E-state index contributed by atoms with van der Waals surface area (Å²) in [4.78, 5) is 7.40. The van der Waals surface area contributed by atoms with Crippen molar-refractivity contribution in [2.45, 2.75) is 6.42 Å². The van der Waals surface area contributed by atoms with Gasteiger partial charge in [-0.1, -0.05) is 54.6 Å². The van der Waals surface area contributed by atoms with Crippen molar-refractivity contribution in [2.24, 2.45) is 0 Å². The first-order chi connectivity index (χ1) is 10.9. The summed E-state index contributed by atoms with van der Waals surface area (Å²) in [5.74, 6) is 0.987. The lowest BCUT2D eigenvalue weighted by Crippen LogP contribution is -1.99. The topological polar surface area (TPSA) is 40.7 Å². The molecule has 3 heteroatoms. The van der Waals surface area contributed by atoms with Crippen LogP contribution in [0.1, 0.15) is 17.0 Å². The number of anilines is 1. The fourth-order valence-corrected chi connectivity index (χ4v) is 2.32. The molecule has 110 valence electrons. The summed E-state index contributed by atoms with van der Waals surface area (Å²) in [6.45, 7) is 0.805. The summed E-state index contributed by atoms with van der Waals surface area (Å²) in [5, 5.41) is 3.42. The van der Waals surface area contributed by atoms with Crippen LogP contribution < -0.4 is 5.32 Å². The largest absolute Gasteiger partial charge is 0.382 e. The first-order valence-corrected chi connectivity index (χ1v) is 7.43. The normalized spacial score (nSPS) is 10.9. The third-order valence-corrected chi connectivity index (χ3v) is 3.39. The molecule has 0 unspecified atom stereocenters. The number of nitrogens with one attached hydrogen (secondary N) is 2. The highest BCUT2D eigenvalue weighted by molar-refractivity contribution is 5.51. The highest BCUT2D eigenvalue weighted by Gasteiger charge is 1.99. The van der Waals surface area contributed by atoms with Gasteiger partial charge >= 0.3 is 0 Å². The molecule has 0 aliphatic carbocycles. The molecule has 1 heterocycles. The third kappa shape index (κ3) is 4.09. The molecule has 0 spiro atoms. The monoisotopic (exact) mass is 289 g/mol. The maximum absolute atomic E-state index is 4.26. The zero-order valence-corrected chi connectivity index (χ0v) is 12.4. The Bertz CT molecular complexity index is 715. The molecule has 3 aromatic rings. The van der Waals surface area contributed by atoms with Gasteiger partial charge in [0, 0.05) is 31.0 Å². The Labute approximate surface area is 130 Å². The van der Waals surface area contributed by atoms with E-state index in [9.17, 15) is 0 Å². The molecule has 3 nitrogen and oxygen atoms in total. The van der Waals surface area contributed by atoms with E-state index in [0.717, 1.165) is 24.5 Å². The van der Waals surface area contributed by atoms with Gasteiger partial charge in [-0.05, 0) is 23.3 Å². The summed E-state index contributed by atoms with van der Waals surface area (Å²) in [7, 11) is 0. The Morgan fingerprint density at radius 3 is 2.77 bits per heavy atom. The molecule has 2 aromatic carbocycles. The quantitative estimate of drug-likeness (QED) is 0.716. The smallest absolute Gasteiger partial charge is 0.110 e. The molecule has 0 radical (unpaired) electrons. The summed E-state index contributed by atoms with van der Waals surface area (Å²) in [6, 6.07) is 18.8. The van der Waals surface area contributed by atoms with Crippen LogP contribution in [0.5, 0.6) is 0 Å². The van der Waals surface area contributed by atoms with E-state index in [4.69, 9.17) is 0 Å². The van der Waals surface area contributed by atoms with E-state index in [1.807, 2.05) is 24.4 Å². The number of hydrogen-bond donors (Lipinski definition) is 2. The second-order valence-corrected chi connectivity index (χ2v) is 5.11. The Balaban J connectivity index is 1.55. The Hall–Kier alpha value is -2.81. The van der Waals surface area contributed by atoms with Gasteiger partial charge in [0.15, 0.2) is 0 Å². The van der Waals surface area contributed by atoms with Crippen LogP contribution in [0.3, 0.4) is 0 Å². The third-order valence-electron chi connectivity index (χ3n) is 3.39. The van der Waals surface area contributed by atoms with Crippen LogP contribution in [-0.2, 0) is 6.42 Å². The van der Waals surface area contributed by atoms with Gasteiger partial charge in [0.05, 0.1) is 0 Å². The van der Waals surface area contributed by atoms with Crippen LogP contribution >= 0.6 is 0 Å². The van der Waals surface area contributed by atoms with Crippen LogP contribution in [0.25, 0.3) is 6.08 Å². The number of H-pyrrole nitrogens is 1. The first-order valence-electron chi connectivity index (χ1n) is 7.43. The highest BCUT2D eigenvalue weighted by atomic mass is 14.9. The lowest BCUT2D eigenvalue weighted by Gasteiger charge is -2.06. The van der Waals surface area contributed by atoms with Crippen molar-refractivity contribution in [1.29, 1.82) is 0 Å². The van der Waals surface area contributed by atoms with Crippen LogP contribution in [0.2, 0.25) is 0 Å². The standard InChI is InChI=1S/C19H19N3/c1-2-6-16(7-3-1)9-5-11-20-18-10-4-8-17(14-18)15-19-21-12-13-22-19/h1-10,12-14,20H,11,15H2,(H,21,22)/b9-5+. The van der Waals surface area contributed by atoms with Crippen molar-refractivity contribution in [1.82, 2.24) is 9.97 Å². The van der Waals surface area contributed by atoms with Crippen LogP contribution in [0, 0.1) is 0 Å². The van der Waals surface area contributed by atoms with E-state index >= 15 is 0 Å². The van der Waals surface area contributed by atoms with Crippen molar-refractivity contribution in [2.75, 3.05) is 11.9 Å². The molecule has 0 aliphatic rings. The minimum absolute atomic E-state index is 0.805. The number of rotatable bonds is 6. The maximum Gasteiger partial charge on any atom is 0.110 e. The Morgan fingerprint density at radius 2 is 1.95 bits per heavy atom. The first kappa shape index (κ1) is 14.1. The molecule has 0 atom stereocenters. The SMILES string of the molecule is C(=C\c1ccccc1)/CNc1cccc(Cc2ncc[nH]2)c1. The van der Waals surface area contributed by atoms with Gasteiger partial charge in [-0.2, -0.15) is 0 Å². The number of imidazole rings is 1. The highest BCUT2D eigenvalue weighted by Crippen LogP contribution is 2.13. The molecule has 22 heavy (non-hydrogen) atoms. The van der Waals surface area contributed by atoms with E-state index in [-0.39, 0.29) is 0 Å². The summed E-state index contributed by atoms with van der Waals surface area (Å²) < 4.78 is 0. The van der Waals surface area contributed by atoms with Gasteiger partial charge < -0.3 is 10.3 Å². The number of benzene rings is 2. The minimum atomic E-state index is 0.805. The molecule has 1 aromatic heterocycles. The van der Waals surface area contributed by atoms with Crippen LogP contribution in [-0.4, -0.2) is 16.5 Å². The zero-order valence-electron chi connectivity index (χ0n) is 12.4. The average Bonchev–Trinajstić information content (AvgIpc) is 3.06. The lowest BCUT2D eigenvalue weighted by atomic mass is 10.1. The molecule has 0 aliphatic heterocycles. The molecular weight excluding hydrogens is 270 g/mol. The molecule has 3 rings (SSSR count). The van der Waals surface area contributed by atoms with Crippen molar-refractivity contribution >= 4 is 11.8 Å². The number of hydrogen-bond acceptors (Lipinski definition) is 2. The van der Waals surface area contributed by atoms with Gasteiger partial charge in [-0.3, -0.25) is 0 Å². The molecule has 0 bridgehead atoms. The van der Waals surface area contributed by atoms with Gasteiger partial charge in [0.2, 0.25) is 0 Å². The second-order valence-electron chi connectivity index (χ2n) is 5.11. The van der Waals surface area contributed by atoms with Crippen molar-refractivity contribution in [3.63, 3.8) is 0 Å². The maximum atomic E-state index is 4.26. The number of aromatic amines is 1. The lowest BCUT2D eigenvalue weighted by molar-refractivity contribution is 1.03. The van der Waals surface area contributed by atoms with Crippen LogP contribution in [0.15, 0.2) is 73.1 Å². The average molecular weight is 289 g/mol. The number of nitrogens with zero attached hydrogens (tertiary/aromatic N) is 1. The zero-order chi connectivity index (χ0) is 15.0. The summed E-state index contributed by atoms with van der Waals surface area (Å²) in [6.07, 6.45) is 8.72. The van der Waals surface area contributed by atoms with E-state index < -0.39 is 0 Å². The van der Waals surface area contributed by atoms with Crippen molar-refractivity contribution in [3.05, 3.63) is 90.0 Å². The van der Waals surface area contributed by atoms with Gasteiger partial charge in [-0.25, -0.2) is 4.98 Å². The van der Waals surface area contributed by atoms with E-state index in [1.165, 1.54) is 11.1 Å². The molecule has 2 N–H and O–H groups in total. The minimum Gasteiger partial charge on any atom is -0.382 e. The van der Waals surface area contributed by atoms with Crippen molar-refractivity contribution < 1.29 is 0 Å². The van der Waals surface area contributed by atoms with Crippen molar-refractivity contribution in [3.8, 4) is 0 Å².